The molecule has 144 valence electrons. The predicted molar refractivity (Wildman–Crippen MR) is 112 cm³/mol. The molecular weight excluding hydrogens is 368 g/mol. The van der Waals surface area contributed by atoms with Gasteiger partial charge in [-0.3, -0.25) is 9.36 Å². The van der Waals surface area contributed by atoms with E-state index < -0.39 is 0 Å². The molecule has 0 aliphatic heterocycles. The first-order valence-electron chi connectivity index (χ1n) is 9.59. The fraction of sp³-hybridized carbons (Fsp3) is 0.318. The lowest BCUT2D eigenvalue weighted by atomic mass is 9.88. The van der Waals surface area contributed by atoms with E-state index in [0.717, 1.165) is 35.7 Å². The van der Waals surface area contributed by atoms with Crippen LogP contribution >= 0.6 is 11.8 Å². The molecule has 0 saturated heterocycles. The third-order valence-electron chi connectivity index (χ3n) is 5.17. The lowest BCUT2D eigenvalue weighted by Crippen LogP contribution is -2.32. The molecule has 1 amide bonds. The Balaban J connectivity index is 1.42. The third kappa shape index (κ3) is 3.97. The van der Waals surface area contributed by atoms with Crippen LogP contribution < -0.4 is 5.32 Å². The number of fused-ring (bicyclic) bond motifs is 1. The van der Waals surface area contributed by atoms with Gasteiger partial charge in [0.15, 0.2) is 5.16 Å². The van der Waals surface area contributed by atoms with E-state index in [1.165, 1.54) is 28.5 Å². The molecule has 0 fully saturated rings. The molecule has 0 radical (unpaired) electrons. The molecule has 28 heavy (non-hydrogen) atoms. The van der Waals surface area contributed by atoms with Crippen LogP contribution in [-0.4, -0.2) is 26.4 Å². The molecule has 0 saturated carbocycles. The van der Waals surface area contributed by atoms with Crippen molar-refractivity contribution in [1.29, 1.82) is 0 Å². The van der Waals surface area contributed by atoms with Crippen LogP contribution in [0.3, 0.4) is 0 Å². The summed E-state index contributed by atoms with van der Waals surface area (Å²) in [5.74, 6) is 0.351. The minimum absolute atomic E-state index is 0.0295. The topological polar surface area (TPSA) is 59.8 Å². The molecule has 1 heterocycles. The number of amides is 1. The van der Waals surface area contributed by atoms with E-state index in [2.05, 4.69) is 65.8 Å². The largest absolute Gasteiger partial charge is 0.349 e. The minimum atomic E-state index is 0.0295. The molecule has 1 atom stereocenters. The summed E-state index contributed by atoms with van der Waals surface area (Å²) in [6.45, 7) is 4.15. The number of carbonyl (C=O) groups excluding carboxylic acids is 1. The maximum Gasteiger partial charge on any atom is 0.230 e. The van der Waals surface area contributed by atoms with Crippen molar-refractivity contribution in [3.63, 3.8) is 0 Å². The Bertz CT molecular complexity index is 998. The molecule has 1 N–H and O–H groups in total. The molecule has 1 aliphatic rings. The Labute approximate surface area is 169 Å². The smallest absolute Gasteiger partial charge is 0.230 e. The fourth-order valence-electron chi connectivity index (χ4n) is 3.83. The van der Waals surface area contributed by atoms with Crippen LogP contribution in [-0.2, 0) is 11.2 Å². The number of aromatic nitrogens is 3. The van der Waals surface area contributed by atoms with Crippen molar-refractivity contribution in [2.75, 3.05) is 5.75 Å². The maximum atomic E-state index is 12.6. The van der Waals surface area contributed by atoms with E-state index in [1.807, 2.05) is 10.6 Å². The van der Waals surface area contributed by atoms with Crippen LogP contribution in [0.4, 0.5) is 0 Å². The Morgan fingerprint density at radius 1 is 1.25 bits per heavy atom. The summed E-state index contributed by atoms with van der Waals surface area (Å²) in [6, 6.07) is 14.8. The Kier molecular flexibility index (Phi) is 5.48. The number of aryl methyl sites for hydroxylation is 3. The van der Waals surface area contributed by atoms with Gasteiger partial charge in [-0.1, -0.05) is 53.7 Å². The Morgan fingerprint density at radius 3 is 2.96 bits per heavy atom. The van der Waals surface area contributed by atoms with Crippen LogP contribution in [0.5, 0.6) is 0 Å². The van der Waals surface area contributed by atoms with Crippen molar-refractivity contribution in [3.05, 3.63) is 71.0 Å². The maximum absolute atomic E-state index is 12.6. The van der Waals surface area contributed by atoms with Crippen molar-refractivity contribution in [1.82, 2.24) is 20.1 Å². The second-order valence-electron chi connectivity index (χ2n) is 7.27. The lowest BCUT2D eigenvalue weighted by molar-refractivity contribution is -0.119. The number of carbonyl (C=O) groups is 1. The summed E-state index contributed by atoms with van der Waals surface area (Å²) >= 11 is 1.42. The zero-order chi connectivity index (χ0) is 19.5. The van der Waals surface area contributed by atoms with Gasteiger partial charge >= 0.3 is 0 Å². The van der Waals surface area contributed by atoms with Gasteiger partial charge in [0.2, 0.25) is 5.91 Å². The van der Waals surface area contributed by atoms with Crippen molar-refractivity contribution < 1.29 is 4.79 Å². The second kappa shape index (κ2) is 8.19. The van der Waals surface area contributed by atoms with Gasteiger partial charge in [0.25, 0.3) is 0 Å². The zero-order valence-electron chi connectivity index (χ0n) is 16.2. The Morgan fingerprint density at radius 2 is 2.11 bits per heavy atom. The van der Waals surface area contributed by atoms with Crippen molar-refractivity contribution in [2.45, 2.75) is 44.3 Å². The van der Waals surface area contributed by atoms with Crippen molar-refractivity contribution in [3.8, 4) is 5.69 Å². The van der Waals surface area contributed by atoms with Crippen LogP contribution in [0, 0.1) is 13.8 Å². The van der Waals surface area contributed by atoms with Crippen molar-refractivity contribution >= 4 is 17.7 Å². The highest BCUT2D eigenvalue weighted by molar-refractivity contribution is 7.99. The van der Waals surface area contributed by atoms with E-state index in [9.17, 15) is 4.79 Å². The highest BCUT2D eigenvalue weighted by atomic mass is 32.2. The van der Waals surface area contributed by atoms with E-state index in [4.69, 9.17) is 0 Å². The normalized spacial score (nSPS) is 15.9. The molecule has 1 unspecified atom stereocenters. The number of thioether (sulfide) groups is 1. The van der Waals surface area contributed by atoms with E-state index in [0.29, 0.717) is 5.75 Å². The van der Waals surface area contributed by atoms with Gasteiger partial charge < -0.3 is 5.32 Å². The van der Waals surface area contributed by atoms with E-state index in [1.54, 1.807) is 6.33 Å². The zero-order valence-corrected chi connectivity index (χ0v) is 17.0. The number of rotatable bonds is 5. The second-order valence-corrected chi connectivity index (χ2v) is 8.22. The molecule has 3 aromatic rings. The monoisotopic (exact) mass is 392 g/mol. The average Bonchev–Trinajstić information content (AvgIpc) is 3.15. The standard InChI is InChI=1S/C22H24N4OS/c1-15-10-11-20(16(2)12-15)26-14-23-25-22(26)28-13-21(27)24-19-9-5-7-17-6-3-4-8-18(17)19/h3-4,6,8,10-12,14,19H,5,7,9,13H2,1-2H3,(H,24,27). The van der Waals surface area contributed by atoms with Gasteiger partial charge in [0.05, 0.1) is 17.5 Å². The van der Waals surface area contributed by atoms with E-state index in [-0.39, 0.29) is 11.9 Å². The number of hydrogen-bond donors (Lipinski definition) is 1. The molecule has 4 rings (SSSR count). The average molecular weight is 393 g/mol. The summed E-state index contributed by atoms with van der Waals surface area (Å²) in [7, 11) is 0. The van der Waals surface area contributed by atoms with Gasteiger partial charge in [-0.15, -0.1) is 10.2 Å². The summed E-state index contributed by atoms with van der Waals surface area (Å²) in [4.78, 5) is 12.6. The highest BCUT2D eigenvalue weighted by Crippen LogP contribution is 2.29. The van der Waals surface area contributed by atoms with Crippen LogP contribution in [0.15, 0.2) is 53.9 Å². The molecule has 1 aliphatic carbocycles. The van der Waals surface area contributed by atoms with Crippen LogP contribution in [0.2, 0.25) is 0 Å². The summed E-state index contributed by atoms with van der Waals surface area (Å²) in [6.07, 6.45) is 4.90. The fourth-order valence-corrected chi connectivity index (χ4v) is 4.57. The minimum Gasteiger partial charge on any atom is -0.349 e. The van der Waals surface area contributed by atoms with Gasteiger partial charge in [-0.25, -0.2) is 0 Å². The van der Waals surface area contributed by atoms with Gasteiger partial charge in [-0.05, 0) is 55.9 Å². The van der Waals surface area contributed by atoms with Gasteiger partial charge in [-0.2, -0.15) is 0 Å². The lowest BCUT2D eigenvalue weighted by Gasteiger charge is -2.26. The van der Waals surface area contributed by atoms with Crippen molar-refractivity contribution in [2.24, 2.45) is 0 Å². The highest BCUT2D eigenvalue weighted by Gasteiger charge is 2.21. The number of nitrogens with zero attached hydrogens (tertiary/aromatic N) is 3. The number of benzene rings is 2. The molecule has 1 aromatic heterocycles. The van der Waals surface area contributed by atoms with Crippen LogP contribution in [0.1, 0.15) is 41.1 Å². The Hall–Kier alpha value is -2.60. The number of hydrogen-bond acceptors (Lipinski definition) is 4. The summed E-state index contributed by atoms with van der Waals surface area (Å²) < 4.78 is 1.95. The molecule has 5 nitrogen and oxygen atoms in total. The summed E-state index contributed by atoms with van der Waals surface area (Å²) in [5, 5.41) is 12.2. The van der Waals surface area contributed by atoms with Crippen LogP contribution in [0.25, 0.3) is 5.69 Å². The molecular formula is C22H24N4OS. The first-order valence-corrected chi connectivity index (χ1v) is 10.6. The first kappa shape index (κ1) is 18.7. The number of nitrogens with one attached hydrogen (secondary N) is 1. The van der Waals surface area contributed by atoms with Gasteiger partial charge in [0, 0.05) is 0 Å². The summed E-state index contributed by atoms with van der Waals surface area (Å²) in [5.41, 5.74) is 6.02. The first-order chi connectivity index (χ1) is 13.6. The molecule has 2 aromatic carbocycles. The molecule has 0 spiro atoms. The molecule has 0 bridgehead atoms. The van der Waals surface area contributed by atoms with Gasteiger partial charge in [0.1, 0.15) is 6.33 Å². The SMILES string of the molecule is Cc1ccc(-n2cnnc2SCC(=O)NC2CCCc3ccccc32)c(C)c1. The predicted octanol–water partition coefficient (Wildman–Crippen LogP) is 4.17. The molecule has 6 heteroatoms. The third-order valence-corrected chi connectivity index (χ3v) is 6.11. The van der Waals surface area contributed by atoms with E-state index >= 15 is 0 Å². The quantitative estimate of drug-likeness (QED) is 0.662.